The molecule has 0 aliphatic heterocycles. The fraction of sp³-hybridized carbons (Fsp3) is 0. The Morgan fingerprint density at radius 2 is 0.865 bits per heavy atom. The standard InChI is InChI=1S/C30H22N6Si/c1-3-11-23(12-4-1)37(24-13-5-2-6-14-24,29-25(19-31-21-35-29)27-15-7-9-17-33-27)30-26(20-32-22-36-30)28-16-8-10-18-34-28/h1-22H. The molecule has 0 aliphatic rings. The van der Waals surface area contributed by atoms with Gasteiger partial charge in [-0.15, -0.1) is 0 Å². The van der Waals surface area contributed by atoms with Crippen molar-refractivity contribution in [3.05, 3.63) is 135 Å². The fourth-order valence-corrected chi connectivity index (χ4v) is 9.61. The molecule has 4 heterocycles. The van der Waals surface area contributed by atoms with Gasteiger partial charge in [0.2, 0.25) is 8.07 Å². The number of benzene rings is 2. The van der Waals surface area contributed by atoms with Crippen molar-refractivity contribution in [2.24, 2.45) is 0 Å². The molecule has 0 spiro atoms. The first-order chi connectivity index (χ1) is 18.4. The van der Waals surface area contributed by atoms with Crippen molar-refractivity contribution in [3.8, 4) is 22.5 Å². The second-order valence-corrected chi connectivity index (χ2v) is 12.1. The van der Waals surface area contributed by atoms with E-state index in [0.29, 0.717) is 0 Å². The van der Waals surface area contributed by atoms with Crippen LogP contribution in [-0.4, -0.2) is 38.0 Å². The lowest BCUT2D eigenvalue weighted by Crippen LogP contribution is -2.77. The van der Waals surface area contributed by atoms with Crippen LogP contribution in [0.4, 0.5) is 0 Å². The monoisotopic (exact) mass is 494 g/mol. The highest BCUT2D eigenvalue weighted by Crippen LogP contribution is 2.21. The number of hydrogen-bond donors (Lipinski definition) is 0. The van der Waals surface area contributed by atoms with Crippen LogP contribution in [0.1, 0.15) is 0 Å². The zero-order valence-corrected chi connectivity index (χ0v) is 20.9. The number of rotatable bonds is 6. The molecule has 2 aromatic carbocycles. The van der Waals surface area contributed by atoms with Gasteiger partial charge in [-0.2, -0.15) is 0 Å². The number of hydrogen-bond acceptors (Lipinski definition) is 6. The molecular formula is C30H22N6Si. The van der Waals surface area contributed by atoms with Crippen molar-refractivity contribution in [2.45, 2.75) is 0 Å². The van der Waals surface area contributed by atoms with Crippen molar-refractivity contribution in [3.63, 3.8) is 0 Å². The van der Waals surface area contributed by atoms with Gasteiger partial charge in [-0.25, -0.2) is 19.9 Å². The Kier molecular flexibility index (Phi) is 6.10. The second-order valence-electron chi connectivity index (χ2n) is 8.48. The van der Waals surface area contributed by atoms with E-state index in [1.54, 1.807) is 25.0 Å². The highest BCUT2D eigenvalue weighted by atomic mass is 28.3. The van der Waals surface area contributed by atoms with Gasteiger partial charge < -0.3 is 0 Å². The average molecular weight is 495 g/mol. The molecule has 0 amide bonds. The largest absolute Gasteiger partial charge is 0.256 e. The van der Waals surface area contributed by atoms with Gasteiger partial charge in [0.1, 0.15) is 12.7 Å². The van der Waals surface area contributed by atoms with Crippen LogP contribution in [0, 0.1) is 0 Å². The maximum Gasteiger partial charge on any atom is 0.225 e. The van der Waals surface area contributed by atoms with Crippen LogP contribution in [0.15, 0.2) is 135 Å². The Morgan fingerprint density at radius 3 is 1.27 bits per heavy atom. The van der Waals surface area contributed by atoms with Gasteiger partial charge in [0.05, 0.1) is 22.0 Å². The molecule has 6 aromatic rings. The molecule has 0 aliphatic carbocycles. The summed E-state index contributed by atoms with van der Waals surface area (Å²) < 4.78 is 0. The van der Waals surface area contributed by atoms with Gasteiger partial charge in [-0.05, 0) is 34.6 Å². The average Bonchev–Trinajstić information content (AvgIpc) is 3.00. The zero-order valence-electron chi connectivity index (χ0n) is 19.9. The number of aromatic nitrogens is 6. The van der Waals surface area contributed by atoms with Gasteiger partial charge >= 0.3 is 0 Å². The highest BCUT2D eigenvalue weighted by Gasteiger charge is 2.48. The minimum absolute atomic E-state index is 0.815. The molecule has 0 atom stereocenters. The predicted molar refractivity (Wildman–Crippen MR) is 148 cm³/mol. The van der Waals surface area contributed by atoms with Gasteiger partial charge in [0, 0.05) is 35.9 Å². The molecule has 0 N–H and O–H groups in total. The first-order valence-electron chi connectivity index (χ1n) is 11.9. The molecule has 0 saturated carbocycles. The summed E-state index contributed by atoms with van der Waals surface area (Å²) in [5.41, 5.74) is 3.40. The lowest BCUT2D eigenvalue weighted by molar-refractivity contribution is 1.17. The smallest absolute Gasteiger partial charge is 0.225 e. The van der Waals surface area contributed by atoms with Crippen molar-refractivity contribution in [1.82, 2.24) is 29.9 Å². The van der Waals surface area contributed by atoms with Crippen molar-refractivity contribution in [2.75, 3.05) is 0 Å². The summed E-state index contributed by atoms with van der Waals surface area (Å²) in [5, 5.41) is 4.12. The van der Waals surface area contributed by atoms with Gasteiger partial charge in [-0.1, -0.05) is 72.8 Å². The fourth-order valence-electron chi connectivity index (χ4n) is 4.88. The maximum absolute atomic E-state index is 5.02. The minimum Gasteiger partial charge on any atom is -0.256 e. The quantitative estimate of drug-likeness (QED) is 0.332. The molecule has 4 aromatic heterocycles. The number of nitrogens with zero attached hydrogens (tertiary/aromatic N) is 6. The molecule has 0 saturated heterocycles. The summed E-state index contributed by atoms with van der Waals surface area (Å²) in [7, 11) is -3.14. The second kappa shape index (κ2) is 10.0. The molecule has 6 rings (SSSR count). The van der Waals surface area contributed by atoms with E-state index in [-0.39, 0.29) is 0 Å². The lowest BCUT2D eigenvalue weighted by atomic mass is 10.2. The van der Waals surface area contributed by atoms with E-state index in [1.807, 2.05) is 60.9 Å². The summed E-state index contributed by atoms with van der Waals surface area (Å²) in [5.74, 6) is 0. The SMILES string of the molecule is c1ccc([Si](c2ccccc2)(c2ncncc2-c2ccccn2)c2ncncc2-c2ccccn2)cc1. The van der Waals surface area contributed by atoms with Crippen LogP contribution >= 0.6 is 0 Å². The summed E-state index contributed by atoms with van der Waals surface area (Å²) in [6, 6.07) is 32.8. The van der Waals surface area contributed by atoms with E-state index in [1.165, 1.54) is 0 Å². The summed E-state index contributed by atoms with van der Waals surface area (Å²) >= 11 is 0. The van der Waals surface area contributed by atoms with Crippen LogP contribution in [0.3, 0.4) is 0 Å². The normalized spacial score (nSPS) is 11.2. The minimum atomic E-state index is -3.14. The Balaban J connectivity index is 1.80. The molecule has 6 nitrogen and oxygen atoms in total. The van der Waals surface area contributed by atoms with Crippen molar-refractivity contribution >= 4 is 29.1 Å². The van der Waals surface area contributed by atoms with Crippen LogP contribution in [-0.2, 0) is 0 Å². The zero-order chi connectivity index (χ0) is 24.9. The Morgan fingerprint density at radius 1 is 0.432 bits per heavy atom. The molecule has 37 heavy (non-hydrogen) atoms. The number of pyridine rings is 2. The highest BCUT2D eigenvalue weighted by molar-refractivity contribution is 7.20. The van der Waals surface area contributed by atoms with Crippen molar-refractivity contribution < 1.29 is 0 Å². The van der Waals surface area contributed by atoms with Crippen LogP contribution in [0.2, 0.25) is 0 Å². The summed E-state index contributed by atoms with van der Waals surface area (Å²) in [6.45, 7) is 0. The first kappa shape index (κ1) is 22.6. The third kappa shape index (κ3) is 4.01. The van der Waals surface area contributed by atoms with Gasteiger partial charge in [0.15, 0.2) is 0 Å². The van der Waals surface area contributed by atoms with Crippen molar-refractivity contribution in [1.29, 1.82) is 0 Å². The predicted octanol–water partition coefficient (Wildman–Crippen LogP) is 2.77. The summed E-state index contributed by atoms with van der Waals surface area (Å²) in [4.78, 5) is 28.3. The van der Waals surface area contributed by atoms with E-state index in [9.17, 15) is 0 Å². The van der Waals surface area contributed by atoms with E-state index < -0.39 is 8.07 Å². The third-order valence-electron chi connectivity index (χ3n) is 6.43. The molecular weight excluding hydrogens is 472 g/mol. The maximum atomic E-state index is 5.02. The molecule has 0 fully saturated rings. The van der Waals surface area contributed by atoms with E-state index in [4.69, 9.17) is 9.97 Å². The molecule has 0 radical (unpaired) electrons. The molecule has 0 unspecified atom stereocenters. The van der Waals surface area contributed by atoms with E-state index in [0.717, 1.165) is 43.5 Å². The third-order valence-corrected chi connectivity index (χ3v) is 11.0. The van der Waals surface area contributed by atoms with Crippen LogP contribution in [0.25, 0.3) is 22.5 Å². The lowest BCUT2D eigenvalue weighted by Gasteiger charge is -2.34. The van der Waals surface area contributed by atoms with Gasteiger partial charge in [-0.3, -0.25) is 9.97 Å². The Labute approximate surface area is 215 Å². The van der Waals surface area contributed by atoms with Gasteiger partial charge in [0.25, 0.3) is 0 Å². The molecule has 7 heteroatoms. The Bertz CT molecular complexity index is 1490. The molecule has 0 bridgehead atoms. The Hall–Kier alpha value is -4.88. The van der Waals surface area contributed by atoms with E-state index in [2.05, 4.69) is 68.5 Å². The topological polar surface area (TPSA) is 77.3 Å². The van der Waals surface area contributed by atoms with E-state index >= 15 is 0 Å². The first-order valence-corrected chi connectivity index (χ1v) is 13.9. The summed E-state index contributed by atoms with van der Waals surface area (Å²) in [6.07, 6.45) is 10.6. The molecule has 176 valence electrons. The van der Waals surface area contributed by atoms with Crippen LogP contribution in [0.5, 0.6) is 0 Å². The van der Waals surface area contributed by atoms with Crippen LogP contribution < -0.4 is 21.0 Å².